The lowest BCUT2D eigenvalue weighted by molar-refractivity contribution is 0.571. The van der Waals surface area contributed by atoms with Crippen molar-refractivity contribution in [2.75, 3.05) is 6.54 Å². The number of rotatable bonds is 4. The Kier molecular flexibility index (Phi) is 5.28. The Hall–Kier alpha value is -0.110. The van der Waals surface area contributed by atoms with Crippen LogP contribution in [0.4, 0.5) is 0 Å². The Labute approximate surface area is 140 Å². The van der Waals surface area contributed by atoms with Gasteiger partial charge in [-0.05, 0) is 62.8 Å². The molecule has 0 aliphatic carbocycles. The van der Waals surface area contributed by atoms with Crippen LogP contribution in [0.1, 0.15) is 24.2 Å². The summed E-state index contributed by atoms with van der Waals surface area (Å²) in [6, 6.07) is 6.21. The molecule has 1 unspecified atom stereocenters. The Bertz CT molecular complexity index is 566. The van der Waals surface area contributed by atoms with E-state index in [1.807, 2.05) is 30.1 Å². The van der Waals surface area contributed by atoms with Crippen molar-refractivity contribution in [1.29, 1.82) is 0 Å². The highest BCUT2D eigenvalue weighted by Crippen LogP contribution is 2.30. The Morgan fingerprint density at radius 2 is 2.26 bits per heavy atom. The van der Waals surface area contributed by atoms with Gasteiger partial charge >= 0.3 is 0 Å². The van der Waals surface area contributed by atoms with Crippen LogP contribution in [0.15, 0.2) is 28.9 Å². The third-order valence-electron chi connectivity index (χ3n) is 2.90. The standard InChI is InChI=1S/C13H14BrClIN3/c1-3-17-12(13-9(14)7-18-19(13)2)8-4-5-11(16)10(15)6-8/h4-7,12,17H,3H2,1-2H3. The molecule has 2 rings (SSSR count). The summed E-state index contributed by atoms with van der Waals surface area (Å²) < 4.78 is 3.93. The van der Waals surface area contributed by atoms with Crippen molar-refractivity contribution in [3.63, 3.8) is 0 Å². The summed E-state index contributed by atoms with van der Waals surface area (Å²) in [5.41, 5.74) is 2.23. The van der Waals surface area contributed by atoms with E-state index in [4.69, 9.17) is 11.6 Å². The van der Waals surface area contributed by atoms with Crippen molar-refractivity contribution >= 4 is 50.1 Å². The van der Waals surface area contributed by atoms with Crippen LogP contribution in [0.25, 0.3) is 0 Å². The molecule has 2 aromatic rings. The molecule has 1 atom stereocenters. The maximum atomic E-state index is 6.23. The van der Waals surface area contributed by atoms with E-state index in [9.17, 15) is 0 Å². The second-order valence-corrected chi connectivity index (χ2v) is 6.59. The number of benzene rings is 1. The molecule has 0 aliphatic heterocycles. The summed E-state index contributed by atoms with van der Waals surface area (Å²) in [5.74, 6) is 0. The second-order valence-electron chi connectivity index (χ2n) is 4.17. The number of nitrogens with zero attached hydrogens (tertiary/aromatic N) is 2. The molecule has 1 heterocycles. The molecule has 102 valence electrons. The first-order valence-electron chi connectivity index (χ1n) is 5.90. The van der Waals surface area contributed by atoms with Crippen molar-refractivity contribution in [1.82, 2.24) is 15.1 Å². The lowest BCUT2D eigenvalue weighted by Crippen LogP contribution is -2.24. The second kappa shape index (κ2) is 6.56. The van der Waals surface area contributed by atoms with Gasteiger partial charge in [0.25, 0.3) is 0 Å². The average Bonchev–Trinajstić information content (AvgIpc) is 2.70. The molecular formula is C13H14BrClIN3. The van der Waals surface area contributed by atoms with Crippen LogP contribution < -0.4 is 5.32 Å². The number of hydrogen-bond donors (Lipinski definition) is 1. The topological polar surface area (TPSA) is 29.9 Å². The van der Waals surface area contributed by atoms with E-state index in [1.165, 1.54) is 0 Å². The summed E-state index contributed by atoms with van der Waals surface area (Å²) in [4.78, 5) is 0. The molecule has 19 heavy (non-hydrogen) atoms. The van der Waals surface area contributed by atoms with Crippen molar-refractivity contribution in [3.8, 4) is 0 Å². The van der Waals surface area contributed by atoms with Crippen molar-refractivity contribution in [2.24, 2.45) is 7.05 Å². The minimum absolute atomic E-state index is 0.0707. The SMILES string of the molecule is CCNC(c1ccc(I)c(Cl)c1)c1c(Br)cnn1C. The zero-order valence-electron chi connectivity index (χ0n) is 10.6. The fourth-order valence-corrected chi connectivity index (χ4v) is 3.11. The van der Waals surface area contributed by atoms with Gasteiger partial charge in [0.15, 0.2) is 0 Å². The molecule has 0 spiro atoms. The summed E-state index contributed by atoms with van der Waals surface area (Å²) in [6.07, 6.45) is 1.81. The van der Waals surface area contributed by atoms with E-state index in [-0.39, 0.29) is 6.04 Å². The van der Waals surface area contributed by atoms with E-state index in [1.54, 1.807) is 0 Å². The Morgan fingerprint density at radius 3 is 2.79 bits per heavy atom. The minimum atomic E-state index is 0.0707. The first-order chi connectivity index (χ1) is 9.04. The smallest absolute Gasteiger partial charge is 0.0760 e. The van der Waals surface area contributed by atoms with Gasteiger partial charge in [0.05, 0.1) is 27.4 Å². The predicted octanol–water partition coefficient (Wildman–Crippen LogP) is 4.14. The lowest BCUT2D eigenvalue weighted by atomic mass is 10.0. The highest BCUT2D eigenvalue weighted by atomic mass is 127. The quantitative estimate of drug-likeness (QED) is 0.704. The van der Waals surface area contributed by atoms with Gasteiger partial charge in [-0.1, -0.05) is 24.6 Å². The maximum absolute atomic E-state index is 6.23. The van der Waals surface area contributed by atoms with Crippen molar-refractivity contribution < 1.29 is 0 Å². The van der Waals surface area contributed by atoms with Gasteiger partial charge in [-0.3, -0.25) is 4.68 Å². The third-order valence-corrected chi connectivity index (χ3v) is 5.08. The molecule has 0 aliphatic rings. The van der Waals surface area contributed by atoms with Gasteiger partial charge in [-0.25, -0.2) is 0 Å². The molecule has 0 amide bonds. The summed E-state index contributed by atoms with van der Waals surface area (Å²) in [7, 11) is 1.94. The normalized spacial score (nSPS) is 12.7. The van der Waals surface area contributed by atoms with Gasteiger partial charge in [-0.2, -0.15) is 5.10 Å². The molecule has 1 aromatic heterocycles. The maximum Gasteiger partial charge on any atom is 0.0760 e. The first-order valence-corrected chi connectivity index (χ1v) is 8.15. The predicted molar refractivity (Wildman–Crippen MR) is 90.6 cm³/mol. The number of aryl methyl sites for hydroxylation is 1. The van der Waals surface area contributed by atoms with Crippen LogP contribution in [-0.2, 0) is 7.05 Å². The summed E-state index contributed by atoms with van der Waals surface area (Å²) in [6.45, 7) is 2.96. The minimum Gasteiger partial charge on any atom is -0.305 e. The molecule has 0 saturated carbocycles. The molecular weight excluding hydrogens is 440 g/mol. The van der Waals surface area contributed by atoms with Crippen LogP contribution in [0.3, 0.4) is 0 Å². The van der Waals surface area contributed by atoms with Crippen molar-refractivity contribution in [2.45, 2.75) is 13.0 Å². The highest BCUT2D eigenvalue weighted by Gasteiger charge is 2.20. The fourth-order valence-electron chi connectivity index (χ4n) is 2.01. The van der Waals surface area contributed by atoms with Gasteiger partial charge in [-0.15, -0.1) is 0 Å². The fraction of sp³-hybridized carbons (Fsp3) is 0.308. The highest BCUT2D eigenvalue weighted by molar-refractivity contribution is 14.1. The largest absolute Gasteiger partial charge is 0.305 e. The number of aromatic nitrogens is 2. The molecule has 0 bridgehead atoms. The zero-order valence-corrected chi connectivity index (χ0v) is 15.1. The van der Waals surface area contributed by atoms with E-state index in [0.29, 0.717) is 0 Å². The monoisotopic (exact) mass is 453 g/mol. The number of hydrogen-bond acceptors (Lipinski definition) is 2. The molecule has 0 saturated heterocycles. The molecule has 6 heteroatoms. The van der Waals surface area contributed by atoms with E-state index in [0.717, 1.165) is 30.9 Å². The third kappa shape index (κ3) is 3.32. The van der Waals surface area contributed by atoms with Gasteiger partial charge in [0.1, 0.15) is 0 Å². The van der Waals surface area contributed by atoms with Crippen molar-refractivity contribution in [3.05, 3.63) is 48.7 Å². The van der Waals surface area contributed by atoms with Gasteiger partial charge < -0.3 is 5.32 Å². The van der Waals surface area contributed by atoms with E-state index < -0.39 is 0 Å². The molecule has 0 fully saturated rings. The van der Waals surface area contributed by atoms with Crippen LogP contribution in [0.5, 0.6) is 0 Å². The van der Waals surface area contributed by atoms with Crippen LogP contribution >= 0.6 is 50.1 Å². The molecule has 0 radical (unpaired) electrons. The Balaban J connectivity index is 2.48. The van der Waals surface area contributed by atoms with Crippen LogP contribution in [0, 0.1) is 3.57 Å². The molecule has 1 aromatic carbocycles. The lowest BCUT2D eigenvalue weighted by Gasteiger charge is -2.20. The van der Waals surface area contributed by atoms with Gasteiger partial charge in [0, 0.05) is 10.6 Å². The number of halogens is 3. The first kappa shape index (κ1) is 15.3. The van der Waals surface area contributed by atoms with Crippen LogP contribution in [-0.4, -0.2) is 16.3 Å². The number of nitrogens with one attached hydrogen (secondary N) is 1. The molecule has 3 nitrogen and oxygen atoms in total. The average molecular weight is 455 g/mol. The van der Waals surface area contributed by atoms with Gasteiger partial charge in [0.2, 0.25) is 0 Å². The zero-order chi connectivity index (χ0) is 14.0. The molecule has 1 N–H and O–H groups in total. The van der Waals surface area contributed by atoms with E-state index in [2.05, 4.69) is 61.9 Å². The van der Waals surface area contributed by atoms with E-state index >= 15 is 0 Å². The van der Waals surface area contributed by atoms with Crippen LogP contribution in [0.2, 0.25) is 5.02 Å². The summed E-state index contributed by atoms with van der Waals surface area (Å²) >= 11 is 12.0. The Morgan fingerprint density at radius 1 is 1.53 bits per heavy atom. The summed E-state index contributed by atoms with van der Waals surface area (Å²) in [5, 5.41) is 8.53.